The molecule has 1 aliphatic heterocycles. The molecule has 0 aliphatic carbocycles. The minimum Gasteiger partial charge on any atom is -0.486 e. The zero-order chi connectivity index (χ0) is 19.2. The summed E-state index contributed by atoms with van der Waals surface area (Å²) in [6, 6.07) is 13.4. The van der Waals surface area contributed by atoms with Crippen LogP contribution in [0.1, 0.15) is 21.9 Å². The van der Waals surface area contributed by atoms with Crippen molar-refractivity contribution in [3.05, 3.63) is 59.4 Å². The van der Waals surface area contributed by atoms with Crippen molar-refractivity contribution in [1.29, 1.82) is 0 Å². The van der Waals surface area contributed by atoms with Gasteiger partial charge in [0.15, 0.2) is 11.5 Å². The van der Waals surface area contributed by atoms with Gasteiger partial charge in [0, 0.05) is 18.0 Å². The van der Waals surface area contributed by atoms with Crippen LogP contribution >= 0.6 is 11.3 Å². The van der Waals surface area contributed by atoms with Crippen LogP contribution in [0.25, 0.3) is 10.4 Å². The zero-order valence-electron chi connectivity index (χ0n) is 15.3. The quantitative estimate of drug-likeness (QED) is 0.577. The summed E-state index contributed by atoms with van der Waals surface area (Å²) in [7, 11) is 0. The van der Waals surface area contributed by atoms with Gasteiger partial charge >= 0.3 is 0 Å². The van der Waals surface area contributed by atoms with E-state index in [1.807, 2.05) is 42.5 Å². The van der Waals surface area contributed by atoms with Crippen molar-refractivity contribution in [3.8, 4) is 21.9 Å². The van der Waals surface area contributed by atoms with Gasteiger partial charge in [-0.3, -0.25) is 4.79 Å². The van der Waals surface area contributed by atoms with Crippen LogP contribution in [0.5, 0.6) is 11.5 Å². The van der Waals surface area contributed by atoms with E-state index in [2.05, 4.69) is 5.32 Å². The third kappa shape index (κ3) is 4.55. The molecule has 1 aliphatic rings. The standard InChI is InChI=1S/C21H21NO5S/c23-21(22-8-2-9-24-14-16-3-1-10-25-16)20-7-6-19(28-20)15-4-5-17-18(13-15)27-12-11-26-17/h1,3-7,10,13H,2,8-9,11-12,14H2,(H,22,23). The van der Waals surface area contributed by atoms with Gasteiger partial charge in [0.25, 0.3) is 5.91 Å². The predicted octanol–water partition coefficient (Wildman–Crippen LogP) is 4.12. The van der Waals surface area contributed by atoms with Gasteiger partial charge in [-0.05, 0) is 54.4 Å². The maximum atomic E-state index is 12.3. The minimum absolute atomic E-state index is 0.0696. The molecular formula is C21H21NO5S. The summed E-state index contributed by atoms with van der Waals surface area (Å²) in [5.74, 6) is 2.24. The predicted molar refractivity (Wildman–Crippen MR) is 106 cm³/mol. The second kappa shape index (κ2) is 8.95. The van der Waals surface area contributed by atoms with Crippen molar-refractivity contribution in [3.63, 3.8) is 0 Å². The molecular weight excluding hydrogens is 378 g/mol. The SMILES string of the molecule is O=C(NCCCOCc1ccco1)c1ccc(-c2ccc3c(c2)OCCO3)s1. The Bertz CT molecular complexity index is 919. The molecule has 4 rings (SSSR count). The third-order valence-electron chi connectivity index (χ3n) is 4.23. The molecule has 0 unspecified atom stereocenters. The second-order valence-corrected chi connectivity index (χ2v) is 7.35. The topological polar surface area (TPSA) is 69.9 Å². The molecule has 0 bridgehead atoms. The Labute approximate surface area is 167 Å². The Morgan fingerprint density at radius 2 is 2.00 bits per heavy atom. The molecule has 0 radical (unpaired) electrons. The fraction of sp³-hybridized carbons (Fsp3) is 0.286. The summed E-state index contributed by atoms with van der Waals surface area (Å²) in [6.07, 6.45) is 2.37. The van der Waals surface area contributed by atoms with Crippen LogP contribution in [-0.4, -0.2) is 32.3 Å². The summed E-state index contributed by atoms with van der Waals surface area (Å²) in [4.78, 5) is 14.0. The van der Waals surface area contributed by atoms with E-state index in [-0.39, 0.29) is 5.91 Å². The summed E-state index contributed by atoms with van der Waals surface area (Å²) < 4.78 is 21.9. The molecule has 2 aromatic heterocycles. The van der Waals surface area contributed by atoms with Crippen LogP contribution in [0.2, 0.25) is 0 Å². The average molecular weight is 399 g/mol. The first kappa shape index (κ1) is 18.6. The normalized spacial score (nSPS) is 12.7. The van der Waals surface area contributed by atoms with Gasteiger partial charge in [-0.1, -0.05) is 0 Å². The number of nitrogens with one attached hydrogen (secondary N) is 1. The Hall–Kier alpha value is -2.77. The zero-order valence-corrected chi connectivity index (χ0v) is 16.1. The van der Waals surface area contributed by atoms with Crippen LogP contribution in [0.4, 0.5) is 0 Å². The Kier molecular flexibility index (Phi) is 5.94. The van der Waals surface area contributed by atoms with Crippen LogP contribution in [0.15, 0.2) is 53.1 Å². The fourth-order valence-corrected chi connectivity index (χ4v) is 3.76. The van der Waals surface area contributed by atoms with Crippen molar-refractivity contribution in [2.75, 3.05) is 26.4 Å². The van der Waals surface area contributed by atoms with E-state index in [1.54, 1.807) is 6.26 Å². The van der Waals surface area contributed by atoms with Crippen molar-refractivity contribution >= 4 is 17.2 Å². The van der Waals surface area contributed by atoms with Gasteiger partial charge in [-0.15, -0.1) is 11.3 Å². The summed E-state index contributed by atoms with van der Waals surface area (Å²) >= 11 is 1.46. The number of carbonyl (C=O) groups excluding carboxylic acids is 1. The van der Waals surface area contributed by atoms with Crippen molar-refractivity contribution in [2.24, 2.45) is 0 Å². The summed E-state index contributed by atoms with van der Waals surface area (Å²) in [5.41, 5.74) is 1.01. The highest BCUT2D eigenvalue weighted by atomic mass is 32.1. The molecule has 1 N–H and O–H groups in total. The fourth-order valence-electron chi connectivity index (χ4n) is 2.84. The van der Waals surface area contributed by atoms with E-state index in [4.69, 9.17) is 18.6 Å². The van der Waals surface area contributed by atoms with E-state index in [1.165, 1.54) is 11.3 Å². The van der Waals surface area contributed by atoms with Gasteiger partial charge in [0.05, 0.1) is 11.1 Å². The van der Waals surface area contributed by atoms with E-state index in [0.29, 0.717) is 37.8 Å². The number of hydrogen-bond donors (Lipinski definition) is 1. The molecule has 3 aromatic rings. The first-order valence-electron chi connectivity index (χ1n) is 9.18. The number of hydrogen-bond acceptors (Lipinski definition) is 6. The largest absolute Gasteiger partial charge is 0.486 e. The molecule has 146 valence electrons. The molecule has 0 saturated heterocycles. The smallest absolute Gasteiger partial charge is 0.261 e. The number of carbonyl (C=O) groups is 1. The highest BCUT2D eigenvalue weighted by Crippen LogP contribution is 2.36. The Morgan fingerprint density at radius 3 is 2.86 bits per heavy atom. The lowest BCUT2D eigenvalue weighted by Gasteiger charge is -2.18. The Balaban J connectivity index is 1.25. The number of rotatable bonds is 8. The molecule has 3 heterocycles. The van der Waals surface area contributed by atoms with Crippen LogP contribution in [-0.2, 0) is 11.3 Å². The first-order chi connectivity index (χ1) is 13.8. The number of furan rings is 1. The third-order valence-corrected chi connectivity index (χ3v) is 5.37. The van der Waals surface area contributed by atoms with Crippen LogP contribution in [0.3, 0.4) is 0 Å². The highest BCUT2D eigenvalue weighted by Gasteiger charge is 2.15. The first-order valence-corrected chi connectivity index (χ1v) is 9.99. The second-order valence-electron chi connectivity index (χ2n) is 6.26. The molecule has 0 fully saturated rings. The summed E-state index contributed by atoms with van der Waals surface area (Å²) in [5, 5.41) is 2.93. The number of thiophene rings is 1. The van der Waals surface area contributed by atoms with E-state index >= 15 is 0 Å². The highest BCUT2D eigenvalue weighted by molar-refractivity contribution is 7.17. The molecule has 0 atom stereocenters. The molecule has 28 heavy (non-hydrogen) atoms. The summed E-state index contributed by atoms with van der Waals surface area (Å²) in [6.45, 7) is 2.70. The molecule has 0 saturated carbocycles. The Morgan fingerprint density at radius 1 is 1.11 bits per heavy atom. The molecule has 1 amide bonds. The maximum absolute atomic E-state index is 12.3. The lowest BCUT2D eigenvalue weighted by molar-refractivity contribution is 0.0920. The number of benzene rings is 1. The van der Waals surface area contributed by atoms with Crippen LogP contribution < -0.4 is 14.8 Å². The van der Waals surface area contributed by atoms with Crippen LogP contribution in [0, 0.1) is 0 Å². The van der Waals surface area contributed by atoms with Gasteiger partial charge in [-0.2, -0.15) is 0 Å². The van der Waals surface area contributed by atoms with Gasteiger partial charge < -0.3 is 23.9 Å². The monoisotopic (exact) mass is 399 g/mol. The van der Waals surface area contributed by atoms with Gasteiger partial charge in [0.1, 0.15) is 25.6 Å². The molecule has 6 nitrogen and oxygen atoms in total. The maximum Gasteiger partial charge on any atom is 0.261 e. The van der Waals surface area contributed by atoms with Crippen molar-refractivity contribution in [2.45, 2.75) is 13.0 Å². The van der Waals surface area contributed by atoms with Gasteiger partial charge in [0.2, 0.25) is 0 Å². The number of fused-ring (bicyclic) bond motifs is 1. The molecule has 1 aromatic carbocycles. The number of amides is 1. The van der Waals surface area contributed by atoms with E-state index < -0.39 is 0 Å². The lowest BCUT2D eigenvalue weighted by Crippen LogP contribution is -2.24. The lowest BCUT2D eigenvalue weighted by atomic mass is 10.1. The van der Waals surface area contributed by atoms with E-state index in [9.17, 15) is 4.79 Å². The molecule has 7 heteroatoms. The van der Waals surface area contributed by atoms with Crippen molar-refractivity contribution < 1.29 is 23.4 Å². The molecule has 0 spiro atoms. The van der Waals surface area contributed by atoms with E-state index in [0.717, 1.165) is 34.1 Å². The minimum atomic E-state index is -0.0696. The number of ether oxygens (including phenoxy) is 3. The van der Waals surface area contributed by atoms with Gasteiger partial charge in [-0.25, -0.2) is 0 Å². The average Bonchev–Trinajstić information content (AvgIpc) is 3.42. The van der Waals surface area contributed by atoms with Crippen molar-refractivity contribution in [1.82, 2.24) is 5.32 Å².